The number of rotatable bonds is 6. The van der Waals surface area contributed by atoms with Crippen molar-refractivity contribution in [2.45, 2.75) is 18.7 Å². The van der Waals surface area contributed by atoms with Gasteiger partial charge in [-0.2, -0.15) is 0 Å². The lowest BCUT2D eigenvalue weighted by Crippen LogP contribution is -2.41. The van der Waals surface area contributed by atoms with E-state index in [0.29, 0.717) is 43.2 Å². The van der Waals surface area contributed by atoms with Crippen LogP contribution in [0.25, 0.3) is 0 Å². The first-order valence-corrected chi connectivity index (χ1v) is 13.2. The van der Waals surface area contributed by atoms with Gasteiger partial charge in [-0.3, -0.25) is 14.3 Å². The molecule has 1 saturated heterocycles. The molecule has 0 unspecified atom stereocenters. The van der Waals surface area contributed by atoms with Gasteiger partial charge in [0.15, 0.2) is 0 Å². The number of amides is 2. The third-order valence-corrected chi connectivity index (χ3v) is 7.81. The molecule has 0 atom stereocenters. The maximum Gasteiger partial charge on any atom is 0.263 e. The second-order valence-electron chi connectivity index (χ2n) is 8.45. The van der Waals surface area contributed by atoms with Crippen LogP contribution in [0.3, 0.4) is 0 Å². The number of halogens is 1. The molecule has 0 aliphatic carbocycles. The van der Waals surface area contributed by atoms with Gasteiger partial charge in [-0.05, 0) is 67.4 Å². The number of para-hydroxylation sites is 1. The zero-order chi connectivity index (χ0) is 25.9. The lowest BCUT2D eigenvalue weighted by Gasteiger charge is -2.27. The Morgan fingerprint density at radius 2 is 1.67 bits per heavy atom. The average Bonchev–Trinajstić information content (AvgIpc) is 2.86. The van der Waals surface area contributed by atoms with E-state index in [1.807, 2.05) is 19.9 Å². The van der Waals surface area contributed by atoms with E-state index in [1.165, 1.54) is 18.2 Å². The molecule has 0 radical (unpaired) electrons. The number of hydrogen-bond donors (Lipinski definition) is 2. The second-order valence-corrected chi connectivity index (χ2v) is 10.5. The number of carbonyl (C=O) groups is 2. The van der Waals surface area contributed by atoms with Crippen molar-refractivity contribution in [2.24, 2.45) is 0 Å². The van der Waals surface area contributed by atoms with Gasteiger partial charge < -0.3 is 15.0 Å². The standard InChI is InChI=1S/C26H26ClN3O5S/c1-17-7-9-20(15-18(17)2)29-36(33,34)24-16-19(8-10-22(24)27)25(31)28-23-6-4-3-5-21(23)26(32)30-11-13-35-14-12-30/h3-10,15-16,29H,11-14H2,1-2H3,(H,28,31). The summed E-state index contributed by atoms with van der Waals surface area (Å²) in [6.45, 7) is 5.66. The Kier molecular flexibility index (Phi) is 7.63. The number of hydrogen-bond acceptors (Lipinski definition) is 5. The van der Waals surface area contributed by atoms with Gasteiger partial charge in [-0.15, -0.1) is 0 Å². The Labute approximate surface area is 215 Å². The molecule has 188 valence electrons. The Morgan fingerprint density at radius 1 is 0.944 bits per heavy atom. The molecule has 1 fully saturated rings. The van der Waals surface area contributed by atoms with E-state index in [2.05, 4.69) is 10.0 Å². The van der Waals surface area contributed by atoms with Gasteiger partial charge in [0.2, 0.25) is 0 Å². The highest BCUT2D eigenvalue weighted by Gasteiger charge is 2.24. The van der Waals surface area contributed by atoms with Crippen LogP contribution in [0.2, 0.25) is 5.02 Å². The quantitative estimate of drug-likeness (QED) is 0.491. The summed E-state index contributed by atoms with van der Waals surface area (Å²) in [4.78, 5) is 27.5. The zero-order valence-electron chi connectivity index (χ0n) is 19.9. The Bertz CT molecular complexity index is 1420. The van der Waals surface area contributed by atoms with Crippen LogP contribution in [-0.4, -0.2) is 51.4 Å². The summed E-state index contributed by atoms with van der Waals surface area (Å²) < 4.78 is 34.0. The minimum absolute atomic E-state index is 0.0224. The smallest absolute Gasteiger partial charge is 0.263 e. The summed E-state index contributed by atoms with van der Waals surface area (Å²) in [5.74, 6) is -0.789. The fraction of sp³-hybridized carbons (Fsp3) is 0.231. The van der Waals surface area contributed by atoms with Gasteiger partial charge in [-0.1, -0.05) is 29.8 Å². The van der Waals surface area contributed by atoms with E-state index in [4.69, 9.17) is 16.3 Å². The van der Waals surface area contributed by atoms with Crippen LogP contribution in [0, 0.1) is 13.8 Å². The normalized spacial score (nSPS) is 13.8. The lowest BCUT2D eigenvalue weighted by molar-refractivity contribution is 0.0303. The van der Waals surface area contributed by atoms with Crippen LogP contribution in [0.5, 0.6) is 0 Å². The van der Waals surface area contributed by atoms with Gasteiger partial charge in [0.1, 0.15) is 4.90 Å². The number of nitrogens with zero attached hydrogens (tertiary/aromatic N) is 1. The molecule has 1 heterocycles. The number of sulfonamides is 1. The van der Waals surface area contributed by atoms with E-state index in [-0.39, 0.29) is 21.4 Å². The fourth-order valence-electron chi connectivity index (χ4n) is 3.78. The Hall–Kier alpha value is -3.40. The van der Waals surface area contributed by atoms with Crippen molar-refractivity contribution >= 4 is 44.8 Å². The molecule has 36 heavy (non-hydrogen) atoms. The molecule has 0 bridgehead atoms. The van der Waals surface area contributed by atoms with E-state index in [0.717, 1.165) is 11.1 Å². The van der Waals surface area contributed by atoms with Crippen molar-refractivity contribution in [3.05, 3.63) is 87.9 Å². The van der Waals surface area contributed by atoms with Crippen molar-refractivity contribution in [1.82, 2.24) is 4.90 Å². The maximum absolute atomic E-state index is 13.1. The molecule has 2 amide bonds. The molecule has 4 rings (SSSR count). The number of nitrogens with one attached hydrogen (secondary N) is 2. The SMILES string of the molecule is Cc1ccc(NS(=O)(=O)c2cc(C(=O)Nc3ccccc3C(=O)N3CCOCC3)ccc2Cl)cc1C. The highest BCUT2D eigenvalue weighted by Crippen LogP contribution is 2.27. The third kappa shape index (κ3) is 5.70. The van der Waals surface area contributed by atoms with Crippen molar-refractivity contribution in [1.29, 1.82) is 0 Å². The summed E-state index contributed by atoms with van der Waals surface area (Å²) in [6, 6.07) is 15.9. The maximum atomic E-state index is 13.1. The molecule has 0 aromatic heterocycles. The monoisotopic (exact) mass is 527 g/mol. The van der Waals surface area contributed by atoms with E-state index in [9.17, 15) is 18.0 Å². The highest BCUT2D eigenvalue weighted by atomic mass is 35.5. The van der Waals surface area contributed by atoms with E-state index >= 15 is 0 Å². The first-order valence-electron chi connectivity index (χ1n) is 11.3. The van der Waals surface area contributed by atoms with Crippen LogP contribution in [0.15, 0.2) is 65.6 Å². The number of aryl methyl sites for hydroxylation is 2. The summed E-state index contributed by atoms with van der Waals surface area (Å²) in [6.07, 6.45) is 0. The molecule has 1 aliphatic rings. The molecule has 0 saturated carbocycles. The Morgan fingerprint density at radius 3 is 2.39 bits per heavy atom. The fourth-order valence-corrected chi connectivity index (χ4v) is 5.35. The summed E-state index contributed by atoms with van der Waals surface area (Å²) in [5, 5.41) is 2.71. The average molecular weight is 528 g/mol. The van der Waals surface area contributed by atoms with Crippen LogP contribution in [0.4, 0.5) is 11.4 Å². The van der Waals surface area contributed by atoms with Crippen LogP contribution >= 0.6 is 11.6 Å². The van der Waals surface area contributed by atoms with Gasteiger partial charge in [0.25, 0.3) is 21.8 Å². The molecule has 0 spiro atoms. The minimum Gasteiger partial charge on any atom is -0.378 e. The number of benzene rings is 3. The number of carbonyl (C=O) groups excluding carboxylic acids is 2. The number of morpholine rings is 1. The summed E-state index contributed by atoms with van der Waals surface area (Å²) >= 11 is 6.21. The van der Waals surface area contributed by atoms with Crippen LogP contribution in [-0.2, 0) is 14.8 Å². The van der Waals surface area contributed by atoms with Crippen molar-refractivity contribution in [3.8, 4) is 0 Å². The molecular weight excluding hydrogens is 502 g/mol. The minimum atomic E-state index is -4.07. The molecular formula is C26H26ClN3O5S. The molecule has 3 aromatic carbocycles. The number of ether oxygens (including phenoxy) is 1. The lowest BCUT2D eigenvalue weighted by atomic mass is 10.1. The predicted molar refractivity (Wildman–Crippen MR) is 139 cm³/mol. The predicted octanol–water partition coefficient (Wildman–Crippen LogP) is 4.48. The first kappa shape index (κ1) is 25.7. The summed E-state index contributed by atoms with van der Waals surface area (Å²) in [7, 11) is -4.07. The highest BCUT2D eigenvalue weighted by molar-refractivity contribution is 7.92. The van der Waals surface area contributed by atoms with Gasteiger partial charge in [0.05, 0.1) is 29.5 Å². The third-order valence-electron chi connectivity index (χ3n) is 5.95. The number of anilines is 2. The Balaban J connectivity index is 1.58. The molecule has 3 aromatic rings. The summed E-state index contributed by atoms with van der Waals surface area (Å²) in [5.41, 5.74) is 3.09. The second kappa shape index (κ2) is 10.7. The van der Waals surface area contributed by atoms with Gasteiger partial charge in [0, 0.05) is 24.3 Å². The van der Waals surface area contributed by atoms with Crippen molar-refractivity contribution < 1.29 is 22.7 Å². The molecule has 1 aliphatic heterocycles. The molecule has 2 N–H and O–H groups in total. The largest absolute Gasteiger partial charge is 0.378 e. The van der Waals surface area contributed by atoms with Crippen molar-refractivity contribution in [2.75, 3.05) is 36.3 Å². The van der Waals surface area contributed by atoms with Crippen LogP contribution in [0.1, 0.15) is 31.8 Å². The first-order chi connectivity index (χ1) is 17.2. The molecule has 8 nitrogen and oxygen atoms in total. The van der Waals surface area contributed by atoms with E-state index in [1.54, 1.807) is 41.3 Å². The molecule has 10 heteroatoms. The van der Waals surface area contributed by atoms with Gasteiger partial charge >= 0.3 is 0 Å². The van der Waals surface area contributed by atoms with Crippen LogP contribution < -0.4 is 10.0 Å². The topological polar surface area (TPSA) is 105 Å². The van der Waals surface area contributed by atoms with E-state index < -0.39 is 15.9 Å². The van der Waals surface area contributed by atoms with Crippen molar-refractivity contribution in [3.63, 3.8) is 0 Å². The zero-order valence-corrected chi connectivity index (χ0v) is 21.4. The van der Waals surface area contributed by atoms with Gasteiger partial charge in [-0.25, -0.2) is 8.42 Å².